The van der Waals surface area contributed by atoms with Gasteiger partial charge in [-0.2, -0.15) is 0 Å². The molecule has 0 amide bonds. The van der Waals surface area contributed by atoms with E-state index in [9.17, 15) is 0 Å². The Morgan fingerprint density at radius 1 is 0.358 bits per heavy atom. The van der Waals surface area contributed by atoms with E-state index in [0.29, 0.717) is 23.3 Å². The number of para-hydroxylation sites is 1. The van der Waals surface area contributed by atoms with Crippen molar-refractivity contribution in [1.82, 2.24) is 24.9 Å². The highest BCUT2D eigenvalue weighted by molar-refractivity contribution is 5.93. The molecule has 0 unspecified atom stereocenters. The van der Waals surface area contributed by atoms with Gasteiger partial charge < -0.3 is 0 Å². The lowest BCUT2D eigenvalue weighted by Gasteiger charge is -2.22. The number of hydrogen-bond acceptors (Lipinski definition) is 5. The summed E-state index contributed by atoms with van der Waals surface area (Å²) in [5.74, 6) is 2.59. The molecule has 0 fully saturated rings. The van der Waals surface area contributed by atoms with Crippen molar-refractivity contribution in [1.29, 1.82) is 0 Å². The highest BCUT2D eigenvalue weighted by Gasteiger charge is 2.41. The van der Waals surface area contributed by atoms with E-state index < -0.39 is 0 Å². The van der Waals surface area contributed by atoms with Crippen molar-refractivity contribution in [2.75, 3.05) is 0 Å². The first kappa shape index (κ1) is 32.6. The smallest absolute Gasteiger partial charge is 0.164 e. The lowest BCUT2D eigenvalue weighted by atomic mass is 9.82. The maximum Gasteiger partial charge on any atom is 0.164 e. The van der Waals surface area contributed by atoms with Crippen molar-refractivity contribution >= 4 is 10.9 Å². The van der Waals surface area contributed by atoms with Crippen LogP contribution in [0.2, 0.25) is 0 Å². The lowest BCUT2D eigenvalue weighted by molar-refractivity contribution is 0.403. The summed E-state index contributed by atoms with van der Waals surface area (Å²) in [6, 6.07) is 52.4. The largest absolute Gasteiger partial charge is 0.228 e. The highest BCUT2D eigenvalue weighted by atomic mass is 15.0. The first-order valence-electron chi connectivity index (χ1n) is 18.2. The van der Waals surface area contributed by atoms with E-state index in [4.69, 9.17) is 24.9 Å². The number of nitrogens with zero attached hydrogens (tertiary/aromatic N) is 5. The van der Waals surface area contributed by atoms with Gasteiger partial charge in [0, 0.05) is 33.2 Å². The van der Waals surface area contributed by atoms with Gasteiger partial charge >= 0.3 is 0 Å². The lowest BCUT2D eigenvalue weighted by Crippen LogP contribution is -2.17. The van der Waals surface area contributed by atoms with Crippen LogP contribution >= 0.6 is 0 Å². The van der Waals surface area contributed by atoms with Crippen LogP contribution in [0.15, 0.2) is 152 Å². The molecule has 0 atom stereocenters. The van der Waals surface area contributed by atoms with Crippen molar-refractivity contribution in [3.63, 3.8) is 0 Å². The van der Waals surface area contributed by atoms with E-state index in [-0.39, 0.29) is 10.8 Å². The van der Waals surface area contributed by atoms with E-state index in [1.165, 1.54) is 16.7 Å². The van der Waals surface area contributed by atoms with Gasteiger partial charge in [0.1, 0.15) is 0 Å². The predicted molar refractivity (Wildman–Crippen MR) is 216 cm³/mol. The Hall–Kier alpha value is -6.33. The Bertz CT molecular complexity index is 2610. The van der Waals surface area contributed by atoms with Gasteiger partial charge in [-0.25, -0.2) is 24.9 Å². The van der Waals surface area contributed by atoms with Crippen LogP contribution in [-0.4, -0.2) is 24.9 Å². The van der Waals surface area contributed by atoms with Crippen LogP contribution in [-0.2, 0) is 10.8 Å². The molecular formula is C48H39N5. The molecule has 0 bridgehead atoms. The Morgan fingerprint density at radius 3 is 1.40 bits per heavy atom. The van der Waals surface area contributed by atoms with E-state index >= 15 is 0 Å². The number of aromatic nitrogens is 5. The Labute approximate surface area is 310 Å². The van der Waals surface area contributed by atoms with Gasteiger partial charge in [-0.3, -0.25) is 0 Å². The number of rotatable bonds is 6. The average Bonchev–Trinajstić information content (AvgIpc) is 3.40. The highest BCUT2D eigenvalue weighted by Crippen LogP contribution is 2.50. The molecule has 2 aromatic heterocycles. The van der Waals surface area contributed by atoms with Crippen LogP contribution in [0, 0.1) is 0 Å². The van der Waals surface area contributed by atoms with Gasteiger partial charge in [-0.05, 0) is 51.6 Å². The molecule has 0 saturated carbocycles. The fourth-order valence-electron chi connectivity index (χ4n) is 8.12. The predicted octanol–water partition coefficient (Wildman–Crippen LogP) is 11.8. The van der Waals surface area contributed by atoms with Crippen molar-refractivity contribution in [2.24, 2.45) is 0 Å². The van der Waals surface area contributed by atoms with E-state index in [2.05, 4.69) is 137 Å². The zero-order valence-corrected chi connectivity index (χ0v) is 30.4. The maximum absolute atomic E-state index is 5.12. The van der Waals surface area contributed by atoms with Crippen LogP contribution in [0.3, 0.4) is 0 Å². The standard InChI is InChI=1S/C48H39N5/c1-47(2)30-48(3,4)40-29-37(27-28-39(40)47)46-52-44(35-21-19-32(20-22-35)31-13-7-5-8-14-31)51-45(53-46)36-25-23-34(24-26-36)43-49-41-18-12-11-17-38(41)42(50-43)33-15-9-6-10-16-33/h5-29H,30H2,1-4H3. The van der Waals surface area contributed by atoms with Gasteiger partial charge in [-0.15, -0.1) is 0 Å². The van der Waals surface area contributed by atoms with Gasteiger partial charge in [-0.1, -0.05) is 167 Å². The molecule has 2 heterocycles. The van der Waals surface area contributed by atoms with Crippen LogP contribution in [0.1, 0.15) is 45.2 Å². The molecule has 256 valence electrons. The Balaban J connectivity index is 1.14. The summed E-state index contributed by atoms with van der Waals surface area (Å²) < 4.78 is 0. The average molecular weight is 686 g/mol. The summed E-state index contributed by atoms with van der Waals surface area (Å²) in [7, 11) is 0. The van der Waals surface area contributed by atoms with Crippen LogP contribution in [0.5, 0.6) is 0 Å². The van der Waals surface area contributed by atoms with Crippen molar-refractivity contribution in [2.45, 2.75) is 44.9 Å². The fraction of sp³-hybridized carbons (Fsp3) is 0.146. The maximum atomic E-state index is 5.12. The van der Waals surface area contributed by atoms with E-state index in [0.717, 1.165) is 56.4 Å². The summed E-state index contributed by atoms with van der Waals surface area (Å²) in [5, 5.41) is 1.03. The summed E-state index contributed by atoms with van der Waals surface area (Å²) in [6.07, 6.45) is 1.10. The second-order valence-corrected chi connectivity index (χ2v) is 15.3. The van der Waals surface area contributed by atoms with Crippen molar-refractivity contribution in [3.8, 4) is 67.9 Å². The molecule has 0 spiro atoms. The minimum absolute atomic E-state index is 0.0574. The van der Waals surface area contributed by atoms with E-state index in [1.54, 1.807) is 0 Å². The quantitative estimate of drug-likeness (QED) is 0.174. The third-order valence-electron chi connectivity index (χ3n) is 10.6. The van der Waals surface area contributed by atoms with E-state index in [1.807, 2.05) is 42.5 Å². The van der Waals surface area contributed by atoms with Crippen LogP contribution in [0.25, 0.3) is 78.8 Å². The summed E-state index contributed by atoms with van der Waals surface area (Å²) in [4.78, 5) is 25.3. The summed E-state index contributed by atoms with van der Waals surface area (Å²) in [6.45, 7) is 9.36. The molecule has 0 aliphatic heterocycles. The third-order valence-corrected chi connectivity index (χ3v) is 10.6. The minimum Gasteiger partial charge on any atom is -0.228 e. The molecule has 5 heteroatoms. The molecule has 0 radical (unpaired) electrons. The van der Waals surface area contributed by atoms with Gasteiger partial charge in [0.2, 0.25) is 0 Å². The van der Waals surface area contributed by atoms with Crippen molar-refractivity contribution in [3.05, 3.63) is 163 Å². The molecule has 9 rings (SSSR count). The molecule has 0 N–H and O–H groups in total. The zero-order valence-electron chi connectivity index (χ0n) is 30.4. The molecule has 0 saturated heterocycles. The third kappa shape index (κ3) is 6.08. The van der Waals surface area contributed by atoms with Gasteiger partial charge in [0.25, 0.3) is 0 Å². The Morgan fingerprint density at radius 2 is 0.792 bits per heavy atom. The molecule has 5 nitrogen and oxygen atoms in total. The topological polar surface area (TPSA) is 64.5 Å². The van der Waals surface area contributed by atoms with Gasteiger partial charge in [0.15, 0.2) is 23.3 Å². The second kappa shape index (κ2) is 12.7. The summed E-state index contributed by atoms with van der Waals surface area (Å²) in [5.41, 5.74) is 11.9. The molecule has 1 aliphatic carbocycles. The first-order valence-corrected chi connectivity index (χ1v) is 18.2. The normalized spacial score (nSPS) is 14.3. The second-order valence-electron chi connectivity index (χ2n) is 15.3. The molecular weight excluding hydrogens is 647 g/mol. The summed E-state index contributed by atoms with van der Waals surface area (Å²) >= 11 is 0. The number of hydrogen-bond donors (Lipinski definition) is 0. The Kier molecular flexibility index (Phi) is 7.81. The van der Waals surface area contributed by atoms with Gasteiger partial charge in [0.05, 0.1) is 11.2 Å². The zero-order chi connectivity index (χ0) is 36.2. The number of fused-ring (bicyclic) bond motifs is 2. The van der Waals surface area contributed by atoms with Crippen molar-refractivity contribution < 1.29 is 0 Å². The molecule has 53 heavy (non-hydrogen) atoms. The molecule has 1 aliphatic rings. The molecule has 8 aromatic rings. The number of benzene rings is 6. The molecule has 6 aromatic carbocycles. The minimum atomic E-state index is 0.0574. The monoisotopic (exact) mass is 685 g/mol. The first-order chi connectivity index (χ1) is 25.7. The van der Waals surface area contributed by atoms with Crippen LogP contribution in [0.4, 0.5) is 0 Å². The fourth-order valence-corrected chi connectivity index (χ4v) is 8.12. The van der Waals surface area contributed by atoms with Crippen LogP contribution < -0.4 is 0 Å². The SMILES string of the molecule is CC1(C)CC(C)(C)c2cc(-c3nc(-c4ccc(-c5ccccc5)cc4)nc(-c4ccc(-c5nc(-c6ccccc6)c6ccccc6n5)cc4)n3)ccc21.